The van der Waals surface area contributed by atoms with Gasteiger partial charge >= 0.3 is 0 Å². The Morgan fingerprint density at radius 2 is 2.35 bits per heavy atom. The molecule has 0 aliphatic carbocycles. The second-order valence-corrected chi connectivity index (χ2v) is 5.85. The van der Waals surface area contributed by atoms with E-state index in [1.165, 1.54) is 11.3 Å². The molecule has 1 amide bonds. The minimum absolute atomic E-state index is 0.155. The Morgan fingerprint density at radius 3 is 3.10 bits per heavy atom. The summed E-state index contributed by atoms with van der Waals surface area (Å²) in [7, 11) is 0. The molecule has 1 saturated heterocycles. The summed E-state index contributed by atoms with van der Waals surface area (Å²) in [6.45, 7) is 2.16. The third-order valence-corrected chi connectivity index (χ3v) is 4.48. The molecule has 1 fully saturated rings. The maximum absolute atomic E-state index is 12.2. The van der Waals surface area contributed by atoms with Gasteiger partial charge in [-0.2, -0.15) is 0 Å². The number of ether oxygens (including phenoxy) is 1. The second kappa shape index (κ2) is 5.72. The number of anilines is 1. The van der Waals surface area contributed by atoms with Crippen molar-refractivity contribution in [1.29, 1.82) is 0 Å². The molecule has 3 heterocycles. The standard InChI is InChI=1S/C13H16N4O2S/c14-9-10-13(16-4-3-15-10)20-11(9)12(18)17-6-8-2-1-5-19-7-8/h3-4,8H,1-2,5-7,14H2,(H,17,18). The van der Waals surface area contributed by atoms with Crippen LogP contribution in [0.25, 0.3) is 10.3 Å². The molecule has 1 atom stereocenters. The molecule has 1 aliphatic heterocycles. The van der Waals surface area contributed by atoms with Crippen LogP contribution in [0, 0.1) is 5.92 Å². The molecule has 20 heavy (non-hydrogen) atoms. The van der Waals surface area contributed by atoms with Crippen molar-refractivity contribution in [3.05, 3.63) is 17.3 Å². The van der Waals surface area contributed by atoms with E-state index in [1.807, 2.05) is 0 Å². The number of amides is 1. The molecule has 3 rings (SSSR count). The first-order valence-corrected chi connectivity index (χ1v) is 7.42. The topological polar surface area (TPSA) is 90.1 Å². The average molecular weight is 292 g/mol. The van der Waals surface area contributed by atoms with E-state index in [0.717, 1.165) is 19.4 Å². The molecular weight excluding hydrogens is 276 g/mol. The van der Waals surface area contributed by atoms with Gasteiger partial charge < -0.3 is 15.8 Å². The molecular formula is C13H16N4O2S. The summed E-state index contributed by atoms with van der Waals surface area (Å²) < 4.78 is 5.40. The van der Waals surface area contributed by atoms with Gasteiger partial charge in [0.2, 0.25) is 0 Å². The first-order chi connectivity index (χ1) is 9.75. The Hall–Kier alpha value is -1.73. The first-order valence-electron chi connectivity index (χ1n) is 6.60. The summed E-state index contributed by atoms with van der Waals surface area (Å²) in [4.78, 5) is 21.7. The van der Waals surface area contributed by atoms with Crippen molar-refractivity contribution in [1.82, 2.24) is 15.3 Å². The Balaban J connectivity index is 1.70. The molecule has 0 radical (unpaired) electrons. The van der Waals surface area contributed by atoms with E-state index in [1.54, 1.807) is 12.4 Å². The number of fused-ring (bicyclic) bond motifs is 1. The Labute approximate surface area is 120 Å². The van der Waals surface area contributed by atoms with Crippen LogP contribution in [-0.2, 0) is 4.74 Å². The summed E-state index contributed by atoms with van der Waals surface area (Å²) in [6, 6.07) is 0. The van der Waals surface area contributed by atoms with Crippen molar-refractivity contribution in [2.24, 2.45) is 5.92 Å². The molecule has 6 nitrogen and oxygen atoms in total. The highest BCUT2D eigenvalue weighted by molar-refractivity contribution is 7.21. The summed E-state index contributed by atoms with van der Waals surface area (Å²) in [5, 5.41) is 2.93. The summed E-state index contributed by atoms with van der Waals surface area (Å²) in [6.07, 6.45) is 5.32. The third kappa shape index (κ3) is 2.59. The lowest BCUT2D eigenvalue weighted by Crippen LogP contribution is -2.33. The quantitative estimate of drug-likeness (QED) is 0.893. The van der Waals surface area contributed by atoms with Crippen LogP contribution in [-0.4, -0.2) is 35.6 Å². The normalized spacial score (nSPS) is 19.1. The fraction of sp³-hybridized carbons (Fsp3) is 0.462. The zero-order valence-electron chi connectivity index (χ0n) is 11.0. The van der Waals surface area contributed by atoms with Crippen molar-refractivity contribution in [3.8, 4) is 0 Å². The Bertz CT molecular complexity index is 622. The van der Waals surface area contributed by atoms with Crippen LogP contribution in [0.5, 0.6) is 0 Å². The predicted octanol–water partition coefficient (Wildman–Crippen LogP) is 1.43. The van der Waals surface area contributed by atoms with Crippen LogP contribution in [0.4, 0.5) is 5.69 Å². The number of hydrogen-bond donors (Lipinski definition) is 2. The van der Waals surface area contributed by atoms with Crippen LogP contribution in [0.15, 0.2) is 12.4 Å². The van der Waals surface area contributed by atoms with Crippen LogP contribution in [0.3, 0.4) is 0 Å². The molecule has 0 bridgehead atoms. The number of carbonyl (C=O) groups is 1. The number of carbonyl (C=O) groups excluding carboxylic acids is 1. The van der Waals surface area contributed by atoms with E-state index in [-0.39, 0.29) is 5.91 Å². The van der Waals surface area contributed by atoms with Crippen LogP contribution in [0.2, 0.25) is 0 Å². The van der Waals surface area contributed by atoms with Crippen LogP contribution < -0.4 is 11.1 Å². The summed E-state index contributed by atoms with van der Waals surface area (Å²) in [5.41, 5.74) is 6.98. The molecule has 0 aromatic carbocycles. The summed E-state index contributed by atoms with van der Waals surface area (Å²) in [5.74, 6) is 0.234. The molecule has 1 aliphatic rings. The number of hydrogen-bond acceptors (Lipinski definition) is 6. The third-order valence-electron chi connectivity index (χ3n) is 3.38. The highest BCUT2D eigenvalue weighted by Crippen LogP contribution is 2.30. The maximum Gasteiger partial charge on any atom is 0.263 e. The maximum atomic E-state index is 12.2. The summed E-state index contributed by atoms with van der Waals surface area (Å²) >= 11 is 1.28. The molecule has 0 saturated carbocycles. The Kier molecular flexibility index (Phi) is 3.79. The van der Waals surface area contributed by atoms with Crippen LogP contribution in [0.1, 0.15) is 22.5 Å². The van der Waals surface area contributed by atoms with Gasteiger partial charge in [-0.1, -0.05) is 0 Å². The predicted molar refractivity (Wildman–Crippen MR) is 77.7 cm³/mol. The number of nitrogens with two attached hydrogens (primary N) is 1. The fourth-order valence-corrected chi connectivity index (χ4v) is 3.24. The second-order valence-electron chi connectivity index (χ2n) is 4.85. The SMILES string of the molecule is Nc1c(C(=O)NCC2CCCOC2)sc2nccnc12. The van der Waals surface area contributed by atoms with Crippen molar-refractivity contribution in [2.45, 2.75) is 12.8 Å². The lowest BCUT2D eigenvalue weighted by atomic mass is 10.0. The van der Waals surface area contributed by atoms with Gasteiger partial charge in [0.15, 0.2) is 0 Å². The number of thiophene rings is 1. The van der Waals surface area contributed by atoms with Gasteiger partial charge in [0.05, 0.1) is 12.3 Å². The van der Waals surface area contributed by atoms with Crippen molar-refractivity contribution in [3.63, 3.8) is 0 Å². The molecule has 3 N–H and O–H groups in total. The van der Waals surface area contributed by atoms with E-state index in [4.69, 9.17) is 10.5 Å². The molecule has 7 heteroatoms. The monoisotopic (exact) mass is 292 g/mol. The van der Waals surface area contributed by atoms with E-state index in [9.17, 15) is 4.79 Å². The van der Waals surface area contributed by atoms with Gasteiger partial charge in [0, 0.05) is 25.5 Å². The smallest absolute Gasteiger partial charge is 0.263 e. The highest BCUT2D eigenvalue weighted by Gasteiger charge is 2.20. The van der Waals surface area contributed by atoms with Gasteiger partial charge in [-0.25, -0.2) is 9.97 Å². The van der Waals surface area contributed by atoms with Crippen molar-refractivity contribution < 1.29 is 9.53 Å². The van der Waals surface area contributed by atoms with Gasteiger partial charge in [-0.15, -0.1) is 11.3 Å². The minimum Gasteiger partial charge on any atom is -0.396 e. The zero-order valence-corrected chi connectivity index (χ0v) is 11.8. The highest BCUT2D eigenvalue weighted by atomic mass is 32.1. The minimum atomic E-state index is -0.155. The number of nitrogen functional groups attached to an aromatic ring is 1. The molecule has 2 aromatic heterocycles. The van der Waals surface area contributed by atoms with Gasteiger partial charge in [0.1, 0.15) is 15.2 Å². The number of nitrogens with one attached hydrogen (secondary N) is 1. The number of nitrogens with zero attached hydrogens (tertiary/aromatic N) is 2. The van der Waals surface area contributed by atoms with Crippen molar-refractivity contribution >= 4 is 33.3 Å². The van der Waals surface area contributed by atoms with E-state index in [2.05, 4.69) is 15.3 Å². The largest absolute Gasteiger partial charge is 0.396 e. The first kappa shape index (κ1) is 13.3. The van der Waals surface area contributed by atoms with Crippen molar-refractivity contribution in [2.75, 3.05) is 25.5 Å². The lowest BCUT2D eigenvalue weighted by molar-refractivity contribution is 0.0537. The van der Waals surface area contributed by atoms with E-state index >= 15 is 0 Å². The molecule has 1 unspecified atom stereocenters. The molecule has 106 valence electrons. The van der Waals surface area contributed by atoms with E-state index < -0.39 is 0 Å². The molecule has 0 spiro atoms. The fourth-order valence-electron chi connectivity index (χ4n) is 2.30. The van der Waals surface area contributed by atoms with Gasteiger partial charge in [0.25, 0.3) is 5.91 Å². The molecule has 2 aromatic rings. The lowest BCUT2D eigenvalue weighted by Gasteiger charge is -2.22. The Morgan fingerprint density at radius 1 is 1.50 bits per heavy atom. The van der Waals surface area contributed by atoms with E-state index in [0.29, 0.717) is 40.0 Å². The van der Waals surface area contributed by atoms with Gasteiger partial charge in [-0.05, 0) is 18.8 Å². The average Bonchev–Trinajstić information content (AvgIpc) is 2.84. The zero-order chi connectivity index (χ0) is 13.9. The van der Waals surface area contributed by atoms with Crippen LogP contribution >= 0.6 is 11.3 Å². The van der Waals surface area contributed by atoms with Gasteiger partial charge in [-0.3, -0.25) is 4.79 Å². The number of aromatic nitrogens is 2. The number of rotatable bonds is 3.